The molecule has 1 aromatic carbocycles. The van der Waals surface area contributed by atoms with Gasteiger partial charge in [0.25, 0.3) is 0 Å². The third-order valence-electron chi connectivity index (χ3n) is 1.67. The maximum atomic E-state index is 2.18. The molecule has 0 spiro atoms. The molecule has 0 saturated carbocycles. The van der Waals surface area contributed by atoms with E-state index in [4.69, 9.17) is 0 Å². The lowest BCUT2D eigenvalue weighted by Crippen LogP contribution is -1.81. The standard InChI is InChI=1S/C9H12S2.2H3N/c1-7-8(10-2)5-4-6-9(7)11-3;;/h4-6H,1-3H3;2*1H3. The fraction of sp³-hybridized carbons (Fsp3) is 0.333. The van der Waals surface area contributed by atoms with Crippen LogP contribution in [0.5, 0.6) is 0 Å². The lowest BCUT2D eigenvalue weighted by Gasteiger charge is -2.05. The molecule has 0 bridgehead atoms. The highest BCUT2D eigenvalue weighted by Gasteiger charge is 1.99. The molecule has 1 rings (SSSR count). The molecular weight excluding hydrogens is 200 g/mol. The minimum absolute atomic E-state index is 0. The molecule has 0 aliphatic rings. The summed E-state index contributed by atoms with van der Waals surface area (Å²) in [5.74, 6) is 0. The molecule has 2 nitrogen and oxygen atoms in total. The van der Waals surface area contributed by atoms with Crippen molar-refractivity contribution in [3.05, 3.63) is 23.8 Å². The molecule has 0 aliphatic heterocycles. The molecule has 13 heavy (non-hydrogen) atoms. The summed E-state index contributed by atoms with van der Waals surface area (Å²) < 4.78 is 0. The van der Waals surface area contributed by atoms with Crippen molar-refractivity contribution in [1.29, 1.82) is 0 Å². The SMILES string of the molecule is CSc1cccc(SC)c1C.N.N. The summed E-state index contributed by atoms with van der Waals surface area (Å²) in [7, 11) is 0. The maximum Gasteiger partial charge on any atom is 0.0109 e. The van der Waals surface area contributed by atoms with Gasteiger partial charge in [0.1, 0.15) is 0 Å². The van der Waals surface area contributed by atoms with E-state index >= 15 is 0 Å². The van der Waals surface area contributed by atoms with E-state index in [1.165, 1.54) is 15.4 Å². The Morgan fingerprint density at radius 1 is 0.923 bits per heavy atom. The molecule has 0 radical (unpaired) electrons. The van der Waals surface area contributed by atoms with Crippen LogP contribution in [-0.4, -0.2) is 12.5 Å². The van der Waals surface area contributed by atoms with Crippen molar-refractivity contribution < 1.29 is 0 Å². The van der Waals surface area contributed by atoms with E-state index in [0.717, 1.165) is 0 Å². The van der Waals surface area contributed by atoms with Gasteiger partial charge in [0.05, 0.1) is 0 Å². The first-order valence-corrected chi connectivity index (χ1v) is 5.92. The Bertz CT molecular complexity index is 229. The molecule has 0 fully saturated rings. The van der Waals surface area contributed by atoms with Crippen LogP contribution in [0.3, 0.4) is 0 Å². The second-order valence-electron chi connectivity index (χ2n) is 2.29. The van der Waals surface area contributed by atoms with Crippen molar-refractivity contribution >= 4 is 23.5 Å². The fourth-order valence-corrected chi connectivity index (χ4v) is 2.36. The third kappa shape index (κ3) is 3.60. The molecule has 0 atom stereocenters. The van der Waals surface area contributed by atoms with Crippen LogP contribution in [0.4, 0.5) is 0 Å². The largest absolute Gasteiger partial charge is 0.344 e. The van der Waals surface area contributed by atoms with E-state index in [0.29, 0.717) is 0 Å². The summed E-state index contributed by atoms with van der Waals surface area (Å²) in [4.78, 5) is 2.77. The monoisotopic (exact) mass is 218 g/mol. The number of hydrogen-bond acceptors (Lipinski definition) is 4. The van der Waals surface area contributed by atoms with E-state index in [1.807, 2.05) is 23.5 Å². The van der Waals surface area contributed by atoms with Crippen molar-refractivity contribution in [3.8, 4) is 0 Å². The van der Waals surface area contributed by atoms with Gasteiger partial charge in [-0.15, -0.1) is 23.5 Å². The number of thioether (sulfide) groups is 2. The zero-order chi connectivity index (χ0) is 8.27. The Balaban J connectivity index is 0. The van der Waals surface area contributed by atoms with Gasteiger partial charge in [-0.2, -0.15) is 0 Å². The van der Waals surface area contributed by atoms with Gasteiger partial charge in [0.15, 0.2) is 0 Å². The van der Waals surface area contributed by atoms with Gasteiger partial charge in [-0.1, -0.05) is 6.07 Å². The molecule has 0 aromatic heterocycles. The molecule has 6 N–H and O–H groups in total. The molecule has 76 valence electrons. The topological polar surface area (TPSA) is 70.0 Å². The predicted octanol–water partition coefficient (Wildman–Crippen LogP) is 3.76. The predicted molar refractivity (Wildman–Crippen MR) is 64.8 cm³/mol. The van der Waals surface area contributed by atoms with Crippen LogP contribution in [0.1, 0.15) is 5.56 Å². The summed E-state index contributed by atoms with van der Waals surface area (Å²) >= 11 is 3.62. The number of benzene rings is 1. The first kappa shape index (κ1) is 15.3. The Kier molecular flexibility index (Phi) is 8.56. The van der Waals surface area contributed by atoms with Gasteiger partial charge < -0.3 is 12.3 Å². The van der Waals surface area contributed by atoms with Crippen molar-refractivity contribution in [2.45, 2.75) is 16.7 Å². The maximum absolute atomic E-state index is 2.18. The lowest BCUT2D eigenvalue weighted by molar-refractivity contribution is 1.19. The van der Waals surface area contributed by atoms with Crippen LogP contribution in [-0.2, 0) is 0 Å². The van der Waals surface area contributed by atoms with E-state index in [1.54, 1.807) is 0 Å². The Labute approximate surface area is 89.0 Å². The van der Waals surface area contributed by atoms with E-state index in [2.05, 4.69) is 37.6 Å². The zero-order valence-electron chi connectivity index (χ0n) is 8.46. The Morgan fingerprint density at radius 2 is 1.31 bits per heavy atom. The van der Waals surface area contributed by atoms with Gasteiger partial charge in [-0.05, 0) is 37.1 Å². The second kappa shape index (κ2) is 7.26. The van der Waals surface area contributed by atoms with Crippen LogP contribution in [0.15, 0.2) is 28.0 Å². The van der Waals surface area contributed by atoms with E-state index in [9.17, 15) is 0 Å². The molecule has 0 unspecified atom stereocenters. The van der Waals surface area contributed by atoms with Gasteiger partial charge in [0.2, 0.25) is 0 Å². The molecule has 0 saturated heterocycles. The quantitative estimate of drug-likeness (QED) is 0.741. The van der Waals surface area contributed by atoms with Gasteiger partial charge in [0, 0.05) is 9.79 Å². The highest BCUT2D eigenvalue weighted by Crippen LogP contribution is 2.27. The highest BCUT2D eigenvalue weighted by molar-refractivity contribution is 7.99. The summed E-state index contributed by atoms with van der Waals surface area (Å²) in [5, 5.41) is 0. The Hall–Kier alpha value is -0.160. The first-order valence-electron chi connectivity index (χ1n) is 3.47. The van der Waals surface area contributed by atoms with Crippen LogP contribution in [0.2, 0.25) is 0 Å². The third-order valence-corrected chi connectivity index (χ3v) is 3.44. The van der Waals surface area contributed by atoms with Crippen molar-refractivity contribution in [3.63, 3.8) is 0 Å². The van der Waals surface area contributed by atoms with Gasteiger partial charge in [-0.25, -0.2) is 0 Å². The molecule has 0 heterocycles. The first-order chi connectivity index (χ1) is 5.29. The molecule has 1 aromatic rings. The smallest absolute Gasteiger partial charge is 0.0109 e. The van der Waals surface area contributed by atoms with Crippen LogP contribution in [0.25, 0.3) is 0 Å². The minimum atomic E-state index is 0. The zero-order valence-corrected chi connectivity index (χ0v) is 10.1. The summed E-state index contributed by atoms with van der Waals surface area (Å²) in [6.07, 6.45) is 4.24. The normalized spacial score (nSPS) is 8.54. The molecule has 4 heteroatoms. The molecule has 0 amide bonds. The summed E-state index contributed by atoms with van der Waals surface area (Å²) in [6, 6.07) is 6.45. The number of rotatable bonds is 2. The fourth-order valence-electron chi connectivity index (χ4n) is 1.04. The van der Waals surface area contributed by atoms with E-state index < -0.39 is 0 Å². The van der Waals surface area contributed by atoms with E-state index in [-0.39, 0.29) is 12.3 Å². The Morgan fingerprint density at radius 3 is 1.62 bits per heavy atom. The van der Waals surface area contributed by atoms with Crippen LogP contribution < -0.4 is 12.3 Å². The summed E-state index contributed by atoms with van der Waals surface area (Å²) in [6.45, 7) is 2.18. The highest BCUT2D eigenvalue weighted by atomic mass is 32.2. The second-order valence-corrected chi connectivity index (χ2v) is 3.98. The van der Waals surface area contributed by atoms with Crippen molar-refractivity contribution in [2.24, 2.45) is 0 Å². The minimum Gasteiger partial charge on any atom is -0.344 e. The van der Waals surface area contributed by atoms with Gasteiger partial charge >= 0.3 is 0 Å². The summed E-state index contributed by atoms with van der Waals surface area (Å²) in [5.41, 5.74) is 1.41. The molecule has 0 aliphatic carbocycles. The van der Waals surface area contributed by atoms with Crippen LogP contribution in [0, 0.1) is 6.92 Å². The number of hydrogen-bond donors (Lipinski definition) is 2. The van der Waals surface area contributed by atoms with Crippen molar-refractivity contribution in [2.75, 3.05) is 12.5 Å². The molecular formula is C9H18N2S2. The van der Waals surface area contributed by atoms with Crippen molar-refractivity contribution in [1.82, 2.24) is 12.3 Å². The van der Waals surface area contributed by atoms with Gasteiger partial charge in [-0.3, -0.25) is 0 Å². The lowest BCUT2D eigenvalue weighted by atomic mass is 10.2. The average molecular weight is 218 g/mol. The average Bonchev–Trinajstić information content (AvgIpc) is 2.05. The van der Waals surface area contributed by atoms with Crippen LogP contribution >= 0.6 is 23.5 Å².